The molecule has 4 fully saturated rings. The average Bonchev–Trinajstić information content (AvgIpc) is 2.57. The molecule has 0 spiro atoms. The van der Waals surface area contributed by atoms with Crippen LogP contribution in [0.5, 0.6) is 5.75 Å². The Morgan fingerprint density at radius 1 is 1.04 bits per heavy atom. The first-order valence-corrected chi connectivity index (χ1v) is 10.3. The molecule has 4 saturated carbocycles. The van der Waals surface area contributed by atoms with Crippen LogP contribution in [0.15, 0.2) is 24.3 Å². The Kier molecular flexibility index (Phi) is 4.53. The Morgan fingerprint density at radius 3 is 2.08 bits per heavy atom. The molecule has 0 saturated heterocycles. The number of carbonyl (C=O) groups is 1. The van der Waals surface area contributed by atoms with E-state index in [0.717, 1.165) is 30.0 Å². The molecule has 0 radical (unpaired) electrons. The number of hydrogen-bond donors (Lipinski definition) is 1. The number of hydrogen-bond acceptors (Lipinski definition) is 2. The summed E-state index contributed by atoms with van der Waals surface area (Å²) >= 11 is 0. The van der Waals surface area contributed by atoms with E-state index in [0.29, 0.717) is 5.41 Å². The van der Waals surface area contributed by atoms with Gasteiger partial charge in [0.25, 0.3) is 5.91 Å². The molecule has 4 bridgehead atoms. The van der Waals surface area contributed by atoms with E-state index >= 15 is 0 Å². The molecule has 1 N–H and O–H groups in total. The molecule has 3 nitrogen and oxygen atoms in total. The van der Waals surface area contributed by atoms with Crippen molar-refractivity contribution < 1.29 is 9.53 Å². The highest BCUT2D eigenvalue weighted by atomic mass is 16.5. The van der Waals surface area contributed by atoms with E-state index in [1.807, 2.05) is 12.1 Å². The fraction of sp³-hybridized carbons (Fsp3) is 0.696. The first-order chi connectivity index (χ1) is 12.3. The predicted molar refractivity (Wildman–Crippen MR) is 104 cm³/mol. The number of ether oxygens (including phenoxy) is 1. The average molecular weight is 356 g/mol. The minimum Gasteiger partial charge on any atom is -0.484 e. The molecule has 1 aromatic carbocycles. The minimum atomic E-state index is 0.0145. The van der Waals surface area contributed by atoms with Gasteiger partial charge in [0.15, 0.2) is 6.61 Å². The van der Waals surface area contributed by atoms with Crippen LogP contribution < -0.4 is 10.1 Å². The number of carbonyl (C=O) groups excluding carboxylic acids is 1. The molecule has 26 heavy (non-hydrogen) atoms. The number of benzene rings is 1. The van der Waals surface area contributed by atoms with Gasteiger partial charge in [-0.1, -0.05) is 32.9 Å². The summed E-state index contributed by atoms with van der Waals surface area (Å²) in [6.07, 6.45) is 8.32. The maximum atomic E-state index is 12.3. The third kappa shape index (κ3) is 3.77. The highest BCUT2D eigenvalue weighted by molar-refractivity contribution is 5.77. The normalized spacial score (nSPS) is 32.5. The monoisotopic (exact) mass is 355 g/mol. The summed E-state index contributed by atoms with van der Waals surface area (Å²) in [5, 5.41) is 3.18. The van der Waals surface area contributed by atoms with Crippen LogP contribution in [0.25, 0.3) is 0 Å². The summed E-state index contributed by atoms with van der Waals surface area (Å²) in [5.74, 6) is 3.56. The summed E-state index contributed by atoms with van der Waals surface area (Å²) < 4.78 is 5.69. The van der Waals surface area contributed by atoms with Crippen molar-refractivity contribution in [2.24, 2.45) is 23.2 Å². The molecule has 0 heterocycles. The first kappa shape index (κ1) is 17.9. The van der Waals surface area contributed by atoms with Crippen LogP contribution in [0.3, 0.4) is 0 Å². The van der Waals surface area contributed by atoms with Gasteiger partial charge in [-0.3, -0.25) is 4.79 Å². The highest BCUT2D eigenvalue weighted by Crippen LogP contribution is 2.59. The van der Waals surface area contributed by atoms with Crippen molar-refractivity contribution >= 4 is 5.91 Å². The zero-order valence-electron chi connectivity index (χ0n) is 16.5. The zero-order chi connectivity index (χ0) is 18.4. The summed E-state index contributed by atoms with van der Waals surface area (Å²) in [6.45, 7) is 7.55. The molecule has 3 heteroatoms. The molecule has 4 aliphatic carbocycles. The fourth-order valence-corrected chi connectivity index (χ4v) is 6.04. The second-order valence-electron chi connectivity index (χ2n) is 10.3. The second-order valence-corrected chi connectivity index (χ2v) is 10.3. The Bertz CT molecular complexity index is 620. The lowest BCUT2D eigenvalue weighted by Gasteiger charge is -2.56. The molecule has 0 unspecified atom stereocenters. The van der Waals surface area contributed by atoms with Gasteiger partial charge in [0.1, 0.15) is 5.75 Å². The van der Waals surface area contributed by atoms with Crippen LogP contribution in [-0.2, 0) is 10.2 Å². The SMILES string of the molecule is CC(C)(C)c1ccc(OCC(=O)NCC23CC4CC(CC(C4)C2)C3)cc1. The predicted octanol–water partition coefficient (Wildman–Crippen LogP) is 4.70. The maximum Gasteiger partial charge on any atom is 0.257 e. The molecule has 5 rings (SSSR count). The fourth-order valence-electron chi connectivity index (χ4n) is 6.04. The van der Waals surface area contributed by atoms with Gasteiger partial charge in [-0.25, -0.2) is 0 Å². The quantitative estimate of drug-likeness (QED) is 0.832. The van der Waals surface area contributed by atoms with Crippen LogP contribution in [0, 0.1) is 23.2 Å². The Hall–Kier alpha value is -1.51. The zero-order valence-corrected chi connectivity index (χ0v) is 16.5. The molecule has 0 aromatic heterocycles. The third-order valence-corrected chi connectivity index (χ3v) is 6.92. The summed E-state index contributed by atoms with van der Waals surface area (Å²) in [5.41, 5.74) is 1.79. The lowest BCUT2D eigenvalue weighted by atomic mass is 9.49. The van der Waals surface area contributed by atoms with E-state index in [9.17, 15) is 4.79 Å². The molecule has 1 aromatic rings. The molecule has 142 valence electrons. The van der Waals surface area contributed by atoms with Crippen molar-refractivity contribution in [2.45, 2.75) is 64.7 Å². The standard InChI is InChI=1S/C23H33NO2/c1-22(2,3)19-4-6-20(7-5-19)26-14-21(25)24-15-23-11-16-8-17(12-23)10-18(9-16)13-23/h4-7,16-18H,8-15H2,1-3H3,(H,24,25). The lowest BCUT2D eigenvalue weighted by Crippen LogP contribution is -2.51. The van der Waals surface area contributed by atoms with Crippen molar-refractivity contribution in [2.75, 3.05) is 13.2 Å². The Balaban J connectivity index is 1.26. The molecular weight excluding hydrogens is 322 g/mol. The van der Waals surface area contributed by atoms with E-state index in [1.54, 1.807) is 0 Å². The van der Waals surface area contributed by atoms with Gasteiger partial charge in [-0.15, -0.1) is 0 Å². The molecule has 1 amide bonds. The van der Waals surface area contributed by atoms with Crippen LogP contribution in [-0.4, -0.2) is 19.1 Å². The van der Waals surface area contributed by atoms with E-state index in [4.69, 9.17) is 4.74 Å². The Morgan fingerprint density at radius 2 is 1.58 bits per heavy atom. The van der Waals surface area contributed by atoms with Gasteiger partial charge in [-0.2, -0.15) is 0 Å². The van der Waals surface area contributed by atoms with Crippen molar-refractivity contribution in [3.8, 4) is 5.75 Å². The minimum absolute atomic E-state index is 0.0145. The van der Waals surface area contributed by atoms with Gasteiger partial charge in [0.2, 0.25) is 0 Å². The van der Waals surface area contributed by atoms with Crippen molar-refractivity contribution in [3.05, 3.63) is 29.8 Å². The van der Waals surface area contributed by atoms with E-state index < -0.39 is 0 Å². The van der Waals surface area contributed by atoms with Gasteiger partial charge >= 0.3 is 0 Å². The van der Waals surface area contributed by atoms with Gasteiger partial charge in [0, 0.05) is 6.54 Å². The van der Waals surface area contributed by atoms with Gasteiger partial charge < -0.3 is 10.1 Å². The van der Waals surface area contributed by atoms with E-state index in [2.05, 4.69) is 38.2 Å². The largest absolute Gasteiger partial charge is 0.484 e. The highest BCUT2D eigenvalue weighted by Gasteiger charge is 2.50. The van der Waals surface area contributed by atoms with Crippen LogP contribution in [0.1, 0.15) is 64.9 Å². The smallest absolute Gasteiger partial charge is 0.257 e. The topological polar surface area (TPSA) is 38.3 Å². The second kappa shape index (κ2) is 6.58. The number of nitrogens with one attached hydrogen (secondary N) is 1. The molecule has 4 aliphatic rings. The Labute approximate surface area is 157 Å². The van der Waals surface area contributed by atoms with Crippen LogP contribution in [0.2, 0.25) is 0 Å². The first-order valence-electron chi connectivity index (χ1n) is 10.3. The molecule has 0 atom stereocenters. The van der Waals surface area contributed by atoms with Crippen molar-refractivity contribution in [1.82, 2.24) is 5.32 Å². The van der Waals surface area contributed by atoms with Crippen molar-refractivity contribution in [1.29, 1.82) is 0 Å². The number of amides is 1. The molecular formula is C23H33NO2. The summed E-state index contributed by atoms with van der Waals surface area (Å²) in [4.78, 5) is 12.3. The number of rotatable bonds is 5. The van der Waals surface area contributed by atoms with Gasteiger partial charge in [0.05, 0.1) is 0 Å². The van der Waals surface area contributed by atoms with Crippen LogP contribution >= 0.6 is 0 Å². The lowest BCUT2D eigenvalue weighted by molar-refractivity contribution is -0.125. The van der Waals surface area contributed by atoms with E-state index in [-0.39, 0.29) is 17.9 Å². The van der Waals surface area contributed by atoms with Crippen LogP contribution in [0.4, 0.5) is 0 Å². The summed E-state index contributed by atoms with van der Waals surface area (Å²) in [6, 6.07) is 8.10. The van der Waals surface area contributed by atoms with Gasteiger partial charge in [-0.05, 0) is 84.8 Å². The maximum absolute atomic E-state index is 12.3. The van der Waals surface area contributed by atoms with Crippen molar-refractivity contribution in [3.63, 3.8) is 0 Å². The summed E-state index contributed by atoms with van der Waals surface area (Å²) in [7, 11) is 0. The molecule has 0 aliphatic heterocycles. The third-order valence-electron chi connectivity index (χ3n) is 6.92. The van der Waals surface area contributed by atoms with E-state index in [1.165, 1.54) is 44.1 Å².